The summed E-state index contributed by atoms with van der Waals surface area (Å²) in [6.45, 7) is 4.11. The zero-order valence-corrected chi connectivity index (χ0v) is 15.8. The number of carbonyl (C=O) groups excluding carboxylic acids is 1. The van der Waals surface area contributed by atoms with Crippen LogP contribution >= 0.6 is 0 Å². The SMILES string of the molecule is C=CCOC(=O)/C=C/c1ccc(OC)c(OCc2cccc3ccccc23)c1. The van der Waals surface area contributed by atoms with Gasteiger partial charge >= 0.3 is 5.97 Å². The van der Waals surface area contributed by atoms with Crippen molar-refractivity contribution in [1.82, 2.24) is 0 Å². The molecule has 4 nitrogen and oxygen atoms in total. The van der Waals surface area contributed by atoms with Crippen LogP contribution in [-0.4, -0.2) is 19.7 Å². The van der Waals surface area contributed by atoms with E-state index in [0.29, 0.717) is 18.1 Å². The molecule has 0 amide bonds. The van der Waals surface area contributed by atoms with Gasteiger partial charge in [-0.25, -0.2) is 4.79 Å². The molecule has 0 unspecified atom stereocenters. The summed E-state index contributed by atoms with van der Waals surface area (Å²) < 4.78 is 16.4. The Morgan fingerprint density at radius 3 is 2.68 bits per heavy atom. The molecule has 0 N–H and O–H groups in total. The van der Waals surface area contributed by atoms with Crippen LogP contribution in [0.1, 0.15) is 11.1 Å². The van der Waals surface area contributed by atoms with Crippen LogP contribution in [0.15, 0.2) is 79.4 Å². The Hall–Kier alpha value is -3.53. The minimum absolute atomic E-state index is 0.186. The molecule has 0 aliphatic heterocycles. The third-order valence-electron chi connectivity index (χ3n) is 4.21. The Balaban J connectivity index is 1.77. The van der Waals surface area contributed by atoms with Gasteiger partial charge in [0.05, 0.1) is 7.11 Å². The van der Waals surface area contributed by atoms with Gasteiger partial charge in [-0.1, -0.05) is 61.2 Å². The minimum atomic E-state index is -0.422. The van der Waals surface area contributed by atoms with Crippen LogP contribution in [0.2, 0.25) is 0 Å². The second-order valence-electron chi connectivity index (χ2n) is 6.09. The molecule has 0 spiro atoms. The van der Waals surface area contributed by atoms with Crippen LogP contribution in [0, 0.1) is 0 Å². The van der Waals surface area contributed by atoms with Gasteiger partial charge in [0.1, 0.15) is 13.2 Å². The number of carbonyl (C=O) groups is 1. The molecule has 0 aliphatic carbocycles. The lowest BCUT2D eigenvalue weighted by molar-refractivity contribution is -0.136. The quantitative estimate of drug-likeness (QED) is 0.310. The molecular weight excluding hydrogens is 352 g/mol. The average Bonchev–Trinajstić information content (AvgIpc) is 2.74. The van der Waals surface area contributed by atoms with E-state index in [1.165, 1.54) is 17.5 Å². The summed E-state index contributed by atoms with van der Waals surface area (Å²) in [6.07, 6.45) is 4.58. The van der Waals surface area contributed by atoms with Crippen LogP contribution < -0.4 is 9.47 Å². The van der Waals surface area contributed by atoms with Crippen molar-refractivity contribution in [2.45, 2.75) is 6.61 Å². The molecule has 0 atom stereocenters. The number of hydrogen-bond acceptors (Lipinski definition) is 4. The molecule has 142 valence electrons. The highest BCUT2D eigenvalue weighted by molar-refractivity contribution is 5.87. The topological polar surface area (TPSA) is 44.8 Å². The lowest BCUT2D eigenvalue weighted by Crippen LogP contribution is -2.00. The summed E-state index contributed by atoms with van der Waals surface area (Å²) >= 11 is 0. The molecule has 0 radical (unpaired) electrons. The van der Waals surface area contributed by atoms with Gasteiger partial charge in [0, 0.05) is 6.08 Å². The van der Waals surface area contributed by atoms with Crippen molar-refractivity contribution >= 4 is 22.8 Å². The number of esters is 1. The van der Waals surface area contributed by atoms with Gasteiger partial charge in [-0.3, -0.25) is 0 Å². The zero-order valence-electron chi connectivity index (χ0n) is 15.8. The fourth-order valence-corrected chi connectivity index (χ4v) is 2.84. The Bertz CT molecular complexity index is 999. The summed E-state index contributed by atoms with van der Waals surface area (Å²) in [4.78, 5) is 11.6. The number of methoxy groups -OCH3 is 1. The van der Waals surface area contributed by atoms with Gasteiger partial charge < -0.3 is 14.2 Å². The Morgan fingerprint density at radius 2 is 1.86 bits per heavy atom. The largest absolute Gasteiger partial charge is 0.493 e. The predicted octanol–water partition coefficient (Wildman–Crippen LogP) is 5.17. The first-order valence-electron chi connectivity index (χ1n) is 8.94. The van der Waals surface area contributed by atoms with Crippen LogP contribution in [0.3, 0.4) is 0 Å². The standard InChI is InChI=1S/C24H22O4/c1-3-15-27-24(25)14-12-18-11-13-22(26-2)23(16-18)28-17-20-9-6-8-19-7-4-5-10-21(19)20/h3-14,16H,1,15,17H2,2H3/b14-12+. The highest BCUT2D eigenvalue weighted by atomic mass is 16.5. The van der Waals surface area contributed by atoms with E-state index in [4.69, 9.17) is 14.2 Å². The van der Waals surface area contributed by atoms with E-state index in [0.717, 1.165) is 16.5 Å². The maximum absolute atomic E-state index is 11.6. The molecule has 0 saturated carbocycles. The summed E-state index contributed by atoms with van der Waals surface area (Å²) in [7, 11) is 1.60. The maximum Gasteiger partial charge on any atom is 0.331 e. The molecule has 0 fully saturated rings. The Labute approximate surface area is 164 Å². The maximum atomic E-state index is 11.6. The lowest BCUT2D eigenvalue weighted by Gasteiger charge is -2.13. The van der Waals surface area contributed by atoms with Gasteiger partial charge in [-0.05, 0) is 40.1 Å². The fraction of sp³-hybridized carbons (Fsp3) is 0.125. The number of hydrogen-bond donors (Lipinski definition) is 0. The highest BCUT2D eigenvalue weighted by Gasteiger charge is 2.07. The lowest BCUT2D eigenvalue weighted by atomic mass is 10.1. The van der Waals surface area contributed by atoms with E-state index < -0.39 is 5.97 Å². The monoisotopic (exact) mass is 374 g/mol. The smallest absolute Gasteiger partial charge is 0.331 e. The fourth-order valence-electron chi connectivity index (χ4n) is 2.84. The van der Waals surface area contributed by atoms with Crippen molar-refractivity contribution in [1.29, 1.82) is 0 Å². The van der Waals surface area contributed by atoms with E-state index in [1.54, 1.807) is 13.2 Å². The van der Waals surface area contributed by atoms with Crippen molar-refractivity contribution < 1.29 is 19.0 Å². The van der Waals surface area contributed by atoms with E-state index >= 15 is 0 Å². The molecule has 3 aromatic rings. The Kier molecular flexibility index (Phi) is 6.47. The van der Waals surface area contributed by atoms with Crippen LogP contribution in [0.5, 0.6) is 11.5 Å². The zero-order chi connectivity index (χ0) is 19.8. The second-order valence-corrected chi connectivity index (χ2v) is 6.09. The molecule has 0 saturated heterocycles. The van der Waals surface area contributed by atoms with E-state index in [2.05, 4.69) is 24.8 Å². The number of ether oxygens (including phenoxy) is 3. The number of fused-ring (bicyclic) bond motifs is 1. The summed E-state index contributed by atoms with van der Waals surface area (Å²) in [5.74, 6) is 0.817. The average molecular weight is 374 g/mol. The molecule has 0 aromatic heterocycles. The van der Waals surface area contributed by atoms with Crippen molar-refractivity contribution in [3.8, 4) is 11.5 Å². The molecular formula is C24H22O4. The molecule has 3 aromatic carbocycles. The third kappa shape index (κ3) is 4.80. The van der Waals surface area contributed by atoms with Crippen molar-refractivity contribution in [2.75, 3.05) is 13.7 Å². The van der Waals surface area contributed by atoms with Gasteiger partial charge in [0.2, 0.25) is 0 Å². The van der Waals surface area contributed by atoms with Gasteiger partial charge in [-0.2, -0.15) is 0 Å². The van der Waals surface area contributed by atoms with Gasteiger partial charge in [0.15, 0.2) is 11.5 Å². The molecule has 0 aliphatic rings. The van der Waals surface area contributed by atoms with Crippen molar-refractivity contribution in [3.05, 3.63) is 90.5 Å². The first-order chi connectivity index (χ1) is 13.7. The summed E-state index contributed by atoms with van der Waals surface area (Å²) in [5.41, 5.74) is 1.90. The first-order valence-corrected chi connectivity index (χ1v) is 8.94. The summed E-state index contributed by atoms with van der Waals surface area (Å²) in [5, 5.41) is 2.33. The van der Waals surface area contributed by atoms with Crippen LogP contribution in [0.25, 0.3) is 16.8 Å². The third-order valence-corrected chi connectivity index (χ3v) is 4.21. The normalized spacial score (nSPS) is 10.8. The van der Waals surface area contributed by atoms with Crippen LogP contribution in [0.4, 0.5) is 0 Å². The molecule has 0 bridgehead atoms. The molecule has 0 heterocycles. The van der Waals surface area contributed by atoms with Crippen molar-refractivity contribution in [3.63, 3.8) is 0 Å². The van der Waals surface area contributed by atoms with Crippen LogP contribution in [-0.2, 0) is 16.1 Å². The number of rotatable bonds is 8. The molecule has 28 heavy (non-hydrogen) atoms. The predicted molar refractivity (Wildman–Crippen MR) is 111 cm³/mol. The molecule has 3 rings (SSSR count). The van der Waals surface area contributed by atoms with E-state index in [9.17, 15) is 4.79 Å². The summed E-state index contributed by atoms with van der Waals surface area (Å²) in [6, 6.07) is 19.8. The van der Waals surface area contributed by atoms with Gasteiger partial charge in [0.25, 0.3) is 0 Å². The highest BCUT2D eigenvalue weighted by Crippen LogP contribution is 2.30. The minimum Gasteiger partial charge on any atom is -0.493 e. The first kappa shape index (κ1) is 19.2. The van der Waals surface area contributed by atoms with E-state index in [-0.39, 0.29) is 6.61 Å². The molecule has 4 heteroatoms. The van der Waals surface area contributed by atoms with E-state index in [1.807, 2.05) is 42.5 Å². The Morgan fingerprint density at radius 1 is 1.04 bits per heavy atom. The number of benzene rings is 3. The van der Waals surface area contributed by atoms with Crippen molar-refractivity contribution in [2.24, 2.45) is 0 Å². The van der Waals surface area contributed by atoms with Gasteiger partial charge in [-0.15, -0.1) is 0 Å². The second kappa shape index (κ2) is 9.42.